The first-order chi connectivity index (χ1) is 9.65. The molecular formula is C16H22N4. The van der Waals surface area contributed by atoms with Gasteiger partial charge in [-0.3, -0.25) is 9.58 Å². The maximum Gasteiger partial charge on any atom is 0.0756 e. The van der Waals surface area contributed by atoms with Gasteiger partial charge < -0.3 is 5.73 Å². The van der Waals surface area contributed by atoms with Crippen molar-refractivity contribution in [1.29, 1.82) is 0 Å². The monoisotopic (exact) mass is 270 g/mol. The molecule has 1 aromatic heterocycles. The van der Waals surface area contributed by atoms with Gasteiger partial charge in [-0.1, -0.05) is 24.3 Å². The zero-order chi connectivity index (χ0) is 14.1. The molecule has 0 radical (unpaired) electrons. The molecule has 20 heavy (non-hydrogen) atoms. The molecule has 2 aromatic rings. The van der Waals surface area contributed by atoms with Crippen LogP contribution in [0.25, 0.3) is 0 Å². The Balaban J connectivity index is 1.79. The summed E-state index contributed by atoms with van der Waals surface area (Å²) in [6.07, 6.45) is 2.89. The topological polar surface area (TPSA) is 47.1 Å². The first kappa shape index (κ1) is 13.2. The summed E-state index contributed by atoms with van der Waals surface area (Å²) in [5.41, 5.74) is 10.9. The predicted molar refractivity (Wildman–Crippen MR) is 81.3 cm³/mol. The van der Waals surface area contributed by atoms with Crippen molar-refractivity contribution in [2.45, 2.75) is 39.4 Å². The van der Waals surface area contributed by atoms with Gasteiger partial charge in [0.05, 0.1) is 17.6 Å². The van der Waals surface area contributed by atoms with Crippen LogP contribution in [0.4, 0.5) is 5.69 Å². The minimum Gasteiger partial charge on any atom is -0.396 e. The standard InChI is InChI=1S/C16H22N4/c1-12(2)20-16(15(17)9-18-20)11-19-8-7-13-5-3-4-6-14(13)10-19/h3-6,9,12H,7-8,10-11,17H2,1-2H3. The lowest BCUT2D eigenvalue weighted by Gasteiger charge is -2.29. The van der Waals surface area contributed by atoms with Crippen molar-refractivity contribution in [3.63, 3.8) is 0 Å². The molecule has 0 bridgehead atoms. The first-order valence-electron chi connectivity index (χ1n) is 7.26. The molecule has 0 aliphatic carbocycles. The highest BCUT2D eigenvalue weighted by Gasteiger charge is 2.19. The van der Waals surface area contributed by atoms with E-state index in [1.807, 2.05) is 4.68 Å². The number of rotatable bonds is 3. The van der Waals surface area contributed by atoms with E-state index in [1.54, 1.807) is 6.20 Å². The van der Waals surface area contributed by atoms with Crippen LogP contribution in [0.3, 0.4) is 0 Å². The van der Waals surface area contributed by atoms with E-state index in [9.17, 15) is 0 Å². The molecule has 1 aromatic carbocycles. The molecule has 2 heterocycles. The molecule has 1 aliphatic heterocycles. The number of nitrogens with two attached hydrogens (primary N) is 1. The van der Waals surface area contributed by atoms with Crippen LogP contribution in [-0.2, 0) is 19.5 Å². The predicted octanol–water partition coefficient (Wildman–Crippen LogP) is 2.60. The normalized spacial score (nSPS) is 15.6. The molecule has 0 atom stereocenters. The fourth-order valence-electron chi connectivity index (χ4n) is 2.91. The SMILES string of the molecule is CC(C)n1ncc(N)c1CN1CCc2ccccc2C1. The van der Waals surface area contributed by atoms with Crippen LogP contribution in [0.2, 0.25) is 0 Å². The Hall–Kier alpha value is -1.81. The summed E-state index contributed by atoms with van der Waals surface area (Å²) < 4.78 is 2.04. The maximum atomic E-state index is 6.08. The van der Waals surface area contributed by atoms with Gasteiger partial charge in [0.2, 0.25) is 0 Å². The number of aromatic nitrogens is 2. The summed E-state index contributed by atoms with van der Waals surface area (Å²) >= 11 is 0. The fourth-order valence-corrected chi connectivity index (χ4v) is 2.91. The lowest BCUT2D eigenvalue weighted by molar-refractivity contribution is 0.236. The van der Waals surface area contributed by atoms with E-state index in [0.717, 1.165) is 37.4 Å². The smallest absolute Gasteiger partial charge is 0.0756 e. The lowest BCUT2D eigenvalue weighted by Crippen LogP contribution is -2.31. The molecule has 3 rings (SSSR count). The molecule has 4 heteroatoms. The zero-order valence-corrected chi connectivity index (χ0v) is 12.2. The van der Waals surface area contributed by atoms with Gasteiger partial charge in [0.25, 0.3) is 0 Å². The summed E-state index contributed by atoms with van der Waals surface area (Å²) in [7, 11) is 0. The van der Waals surface area contributed by atoms with Crippen molar-refractivity contribution in [2.75, 3.05) is 12.3 Å². The highest BCUT2D eigenvalue weighted by atomic mass is 15.3. The van der Waals surface area contributed by atoms with E-state index < -0.39 is 0 Å². The number of nitrogen functional groups attached to an aromatic ring is 1. The number of hydrogen-bond acceptors (Lipinski definition) is 3. The Morgan fingerprint density at radius 1 is 1.25 bits per heavy atom. The minimum atomic E-state index is 0.347. The molecular weight excluding hydrogens is 248 g/mol. The van der Waals surface area contributed by atoms with Gasteiger partial charge in [0, 0.05) is 25.7 Å². The van der Waals surface area contributed by atoms with E-state index in [0.29, 0.717) is 6.04 Å². The zero-order valence-electron chi connectivity index (χ0n) is 12.2. The van der Waals surface area contributed by atoms with Crippen molar-refractivity contribution in [3.05, 3.63) is 47.3 Å². The van der Waals surface area contributed by atoms with E-state index in [1.165, 1.54) is 11.1 Å². The van der Waals surface area contributed by atoms with Crippen LogP contribution >= 0.6 is 0 Å². The number of benzene rings is 1. The first-order valence-corrected chi connectivity index (χ1v) is 7.26. The summed E-state index contributed by atoms with van der Waals surface area (Å²) in [6.45, 7) is 7.24. The van der Waals surface area contributed by atoms with Gasteiger partial charge in [-0.05, 0) is 31.4 Å². The number of nitrogens with zero attached hydrogens (tertiary/aromatic N) is 3. The molecule has 0 saturated heterocycles. The quantitative estimate of drug-likeness (QED) is 0.932. The second kappa shape index (κ2) is 5.29. The Bertz CT molecular complexity index is 600. The summed E-state index contributed by atoms with van der Waals surface area (Å²) in [6, 6.07) is 9.05. The van der Waals surface area contributed by atoms with Crippen molar-refractivity contribution in [1.82, 2.24) is 14.7 Å². The minimum absolute atomic E-state index is 0.347. The maximum absolute atomic E-state index is 6.08. The van der Waals surface area contributed by atoms with Gasteiger partial charge in [-0.25, -0.2) is 0 Å². The van der Waals surface area contributed by atoms with Crippen LogP contribution < -0.4 is 5.73 Å². The van der Waals surface area contributed by atoms with Crippen molar-refractivity contribution < 1.29 is 0 Å². The van der Waals surface area contributed by atoms with Crippen LogP contribution in [-0.4, -0.2) is 21.2 Å². The highest BCUT2D eigenvalue weighted by molar-refractivity contribution is 5.41. The van der Waals surface area contributed by atoms with Gasteiger partial charge in [0.1, 0.15) is 0 Å². The van der Waals surface area contributed by atoms with Crippen molar-refractivity contribution in [2.24, 2.45) is 0 Å². The lowest BCUT2D eigenvalue weighted by atomic mass is 10.00. The molecule has 0 amide bonds. The summed E-state index contributed by atoms with van der Waals surface area (Å²) in [5.74, 6) is 0. The third-order valence-corrected chi connectivity index (χ3v) is 4.00. The third kappa shape index (κ3) is 2.43. The highest BCUT2D eigenvalue weighted by Crippen LogP contribution is 2.23. The summed E-state index contributed by atoms with van der Waals surface area (Å²) in [5, 5.41) is 4.39. The van der Waals surface area contributed by atoms with E-state index >= 15 is 0 Å². The molecule has 4 nitrogen and oxygen atoms in total. The second-order valence-electron chi connectivity index (χ2n) is 5.81. The van der Waals surface area contributed by atoms with Crippen molar-refractivity contribution in [3.8, 4) is 0 Å². The third-order valence-electron chi connectivity index (χ3n) is 4.00. The van der Waals surface area contributed by atoms with Gasteiger partial charge in [-0.15, -0.1) is 0 Å². The average molecular weight is 270 g/mol. The van der Waals surface area contributed by atoms with Crippen molar-refractivity contribution >= 4 is 5.69 Å². The number of fused-ring (bicyclic) bond motifs is 1. The van der Waals surface area contributed by atoms with Gasteiger partial charge in [0.15, 0.2) is 0 Å². The van der Waals surface area contributed by atoms with E-state index in [4.69, 9.17) is 5.73 Å². The Morgan fingerprint density at radius 2 is 2.00 bits per heavy atom. The van der Waals surface area contributed by atoms with Crippen LogP contribution in [0.15, 0.2) is 30.5 Å². The van der Waals surface area contributed by atoms with E-state index in [-0.39, 0.29) is 0 Å². The molecule has 0 spiro atoms. The number of hydrogen-bond donors (Lipinski definition) is 1. The molecule has 106 valence electrons. The van der Waals surface area contributed by atoms with Crippen LogP contribution in [0.5, 0.6) is 0 Å². The Morgan fingerprint density at radius 3 is 2.75 bits per heavy atom. The average Bonchev–Trinajstić information content (AvgIpc) is 2.80. The van der Waals surface area contributed by atoms with Gasteiger partial charge in [-0.2, -0.15) is 5.10 Å². The van der Waals surface area contributed by atoms with Crippen LogP contribution in [0, 0.1) is 0 Å². The second-order valence-corrected chi connectivity index (χ2v) is 5.81. The molecule has 2 N–H and O–H groups in total. The number of anilines is 1. The largest absolute Gasteiger partial charge is 0.396 e. The van der Waals surface area contributed by atoms with Crippen LogP contribution in [0.1, 0.15) is 36.7 Å². The molecule has 0 saturated carbocycles. The molecule has 0 unspecified atom stereocenters. The Kier molecular flexibility index (Phi) is 3.49. The summed E-state index contributed by atoms with van der Waals surface area (Å²) in [4.78, 5) is 2.45. The fraction of sp³-hybridized carbons (Fsp3) is 0.438. The van der Waals surface area contributed by atoms with Gasteiger partial charge >= 0.3 is 0 Å². The Labute approximate surface area is 120 Å². The molecule has 1 aliphatic rings. The molecule has 0 fully saturated rings. The van der Waals surface area contributed by atoms with E-state index in [2.05, 4.69) is 48.1 Å².